The summed E-state index contributed by atoms with van der Waals surface area (Å²) in [4.78, 5) is 0. The van der Waals surface area contributed by atoms with Crippen LogP contribution in [0.4, 0.5) is 0 Å². The van der Waals surface area contributed by atoms with Gasteiger partial charge in [0.25, 0.3) is 0 Å². The largest absolute Gasteiger partial charge is 0.381 e. The molecule has 1 rings (SSSR count). The number of hydrogen-bond donors (Lipinski definition) is 1. The molecule has 28 valence electrons. The fraction of sp³-hybridized carbons (Fsp3) is 0.333. The van der Waals surface area contributed by atoms with Crippen LogP contribution in [0.15, 0.2) is 11.6 Å². The van der Waals surface area contributed by atoms with Gasteiger partial charge in [-0.1, -0.05) is 0 Å². The minimum Gasteiger partial charge on any atom is -0.381 e. The summed E-state index contributed by atoms with van der Waals surface area (Å²) in [6.45, 7) is 0. The summed E-state index contributed by atoms with van der Waals surface area (Å²) >= 11 is 1.47. The molecule has 1 atom stereocenters. The second-order valence-electron chi connectivity index (χ2n) is 0.723. The topological polar surface area (TPSA) is 12.0 Å². The average molecular weight is 88.2 g/mol. The van der Waals surface area contributed by atoms with Gasteiger partial charge >= 0.3 is 0 Å². The monoisotopic (exact) mass is 88.0 g/mol. The van der Waals surface area contributed by atoms with E-state index in [1.165, 1.54) is 11.8 Å². The first-order chi connectivity index (χ1) is 2.89. The zero-order valence-corrected chi connectivity index (χ0v) is 3.46. The van der Waals surface area contributed by atoms with E-state index in [4.69, 9.17) is 1.37 Å². The van der Waals surface area contributed by atoms with Crippen LogP contribution >= 0.6 is 11.8 Å². The second-order valence-corrected chi connectivity index (χ2v) is 1.50. The van der Waals surface area contributed by atoms with Gasteiger partial charge in [0.1, 0.15) is 0 Å². The highest BCUT2D eigenvalue weighted by molar-refractivity contribution is 8.02. The van der Waals surface area contributed by atoms with Crippen LogP contribution in [0.2, 0.25) is 0 Å². The molecule has 0 aromatic carbocycles. The minimum atomic E-state index is -0.148. The Morgan fingerprint density at radius 2 is 3.20 bits per heavy atom. The Hall–Kier alpha value is -0.110. The summed E-state index contributed by atoms with van der Waals surface area (Å²) in [6, 6.07) is 0. The van der Waals surface area contributed by atoms with Gasteiger partial charge < -0.3 is 5.32 Å². The van der Waals surface area contributed by atoms with E-state index in [9.17, 15) is 0 Å². The van der Waals surface area contributed by atoms with Crippen molar-refractivity contribution in [3.05, 3.63) is 11.6 Å². The minimum absolute atomic E-state index is 0.148. The first-order valence-corrected chi connectivity index (χ1v) is 2.32. The van der Waals surface area contributed by atoms with Crippen molar-refractivity contribution in [3.63, 3.8) is 0 Å². The predicted molar refractivity (Wildman–Crippen MR) is 24.7 cm³/mol. The molecular weight excluding hydrogens is 82.1 g/mol. The van der Waals surface area contributed by atoms with E-state index in [0.717, 1.165) is 0 Å². The van der Waals surface area contributed by atoms with Gasteiger partial charge in [0, 0.05) is 6.20 Å². The fourth-order valence-electron chi connectivity index (χ4n) is 0.196. The van der Waals surface area contributed by atoms with Crippen molar-refractivity contribution in [1.29, 1.82) is 0 Å². The molecule has 1 aliphatic rings. The van der Waals surface area contributed by atoms with E-state index in [1.807, 2.05) is 5.41 Å². The molecule has 0 fully saturated rings. The predicted octanol–water partition coefficient (Wildman–Crippen LogP) is 0.752. The van der Waals surface area contributed by atoms with Crippen LogP contribution in [0, 0.1) is 0 Å². The van der Waals surface area contributed by atoms with Gasteiger partial charge in [-0.3, -0.25) is 0 Å². The molecule has 0 spiro atoms. The van der Waals surface area contributed by atoms with Crippen molar-refractivity contribution in [2.24, 2.45) is 0 Å². The lowest BCUT2D eigenvalue weighted by Crippen LogP contribution is -1.93. The van der Waals surface area contributed by atoms with Crippen LogP contribution < -0.4 is 5.32 Å². The smallest absolute Gasteiger partial charge is 0.0646 e. The normalized spacial score (nSPS) is 36.8. The van der Waals surface area contributed by atoms with E-state index in [2.05, 4.69) is 5.32 Å². The third-order valence-electron chi connectivity index (χ3n) is 0.379. The van der Waals surface area contributed by atoms with E-state index in [0.29, 0.717) is 0 Å². The molecule has 1 nitrogen and oxygen atoms in total. The molecule has 0 radical (unpaired) electrons. The van der Waals surface area contributed by atoms with Crippen LogP contribution in [0.3, 0.4) is 0 Å². The standard InChI is InChI=1S/C3H5NS/c1-2-5-3-4-1/h1-2,4H,3H2/i3D. The van der Waals surface area contributed by atoms with E-state index >= 15 is 0 Å². The van der Waals surface area contributed by atoms with Crippen molar-refractivity contribution >= 4 is 11.8 Å². The molecule has 0 saturated carbocycles. The lowest BCUT2D eigenvalue weighted by molar-refractivity contribution is 1.08. The number of rotatable bonds is 0. The molecule has 0 aliphatic carbocycles. The molecule has 1 unspecified atom stereocenters. The highest BCUT2D eigenvalue weighted by atomic mass is 32.2. The third-order valence-corrected chi connectivity index (χ3v) is 0.944. The third kappa shape index (κ3) is 0.581. The first-order valence-electron chi connectivity index (χ1n) is 1.96. The molecule has 0 saturated heterocycles. The Morgan fingerprint density at radius 1 is 2.20 bits per heavy atom. The molecule has 1 heterocycles. The first kappa shape index (κ1) is 2.13. The zero-order valence-electron chi connectivity index (χ0n) is 3.64. The van der Waals surface area contributed by atoms with Gasteiger partial charge in [0.05, 0.1) is 7.22 Å². The van der Waals surface area contributed by atoms with Crippen molar-refractivity contribution < 1.29 is 1.37 Å². The molecule has 1 N–H and O–H groups in total. The summed E-state index contributed by atoms with van der Waals surface area (Å²) in [5.74, 6) is -0.148. The lowest BCUT2D eigenvalue weighted by Gasteiger charge is -1.77. The molecule has 0 amide bonds. The summed E-state index contributed by atoms with van der Waals surface area (Å²) in [5.41, 5.74) is 0. The molecule has 5 heavy (non-hydrogen) atoms. The van der Waals surface area contributed by atoms with Crippen LogP contribution in [0.5, 0.6) is 0 Å². The Morgan fingerprint density at radius 3 is 3.40 bits per heavy atom. The lowest BCUT2D eigenvalue weighted by atomic mass is 11.0. The van der Waals surface area contributed by atoms with E-state index in [1.54, 1.807) is 6.20 Å². The summed E-state index contributed by atoms with van der Waals surface area (Å²) in [6.07, 6.45) is 1.78. The Balaban J connectivity index is 2.32. The zero-order chi connectivity index (χ0) is 4.41. The quantitative estimate of drug-likeness (QED) is 0.469. The Labute approximate surface area is 36.9 Å². The highest BCUT2D eigenvalue weighted by Crippen LogP contribution is 2.02. The highest BCUT2D eigenvalue weighted by Gasteiger charge is 1.81. The SMILES string of the molecule is [2H]C1NC=CS1. The van der Waals surface area contributed by atoms with Crippen LogP contribution in [0.1, 0.15) is 1.37 Å². The Kier molecular flexibility index (Phi) is 0.580. The number of nitrogens with one attached hydrogen (secondary N) is 1. The Bertz CT molecular complexity index is 65.2. The van der Waals surface area contributed by atoms with Crippen LogP contribution in [-0.4, -0.2) is 5.85 Å². The number of hydrogen-bond acceptors (Lipinski definition) is 2. The van der Waals surface area contributed by atoms with Crippen molar-refractivity contribution in [2.75, 3.05) is 5.85 Å². The van der Waals surface area contributed by atoms with Gasteiger partial charge in [-0.2, -0.15) is 0 Å². The van der Waals surface area contributed by atoms with Gasteiger partial charge in [-0.05, 0) is 5.41 Å². The van der Waals surface area contributed by atoms with Gasteiger partial charge in [-0.25, -0.2) is 0 Å². The maximum absolute atomic E-state index is 6.92. The molecule has 0 aromatic heterocycles. The maximum Gasteiger partial charge on any atom is 0.0646 e. The van der Waals surface area contributed by atoms with Gasteiger partial charge in [0.15, 0.2) is 0 Å². The second kappa shape index (κ2) is 1.36. The van der Waals surface area contributed by atoms with E-state index < -0.39 is 0 Å². The maximum atomic E-state index is 6.92. The van der Waals surface area contributed by atoms with E-state index in [-0.39, 0.29) is 5.85 Å². The fourth-order valence-corrected chi connectivity index (χ4v) is 0.589. The molecule has 0 bridgehead atoms. The molecule has 1 aliphatic heterocycles. The molecular formula is C3H5NS. The summed E-state index contributed by atoms with van der Waals surface area (Å²) in [5, 5.41) is 4.64. The average Bonchev–Trinajstić information content (AvgIpc) is 1.86. The van der Waals surface area contributed by atoms with Crippen molar-refractivity contribution in [3.8, 4) is 0 Å². The van der Waals surface area contributed by atoms with Gasteiger partial charge in [-0.15, -0.1) is 11.8 Å². The molecule has 0 aromatic rings. The van der Waals surface area contributed by atoms with Crippen LogP contribution in [0.25, 0.3) is 0 Å². The van der Waals surface area contributed by atoms with Crippen molar-refractivity contribution in [2.45, 2.75) is 0 Å². The van der Waals surface area contributed by atoms with Crippen LogP contribution in [-0.2, 0) is 0 Å². The van der Waals surface area contributed by atoms with Crippen molar-refractivity contribution in [1.82, 2.24) is 5.32 Å². The number of thioether (sulfide) groups is 1. The molecule has 2 heteroatoms. The van der Waals surface area contributed by atoms with Gasteiger partial charge in [0.2, 0.25) is 0 Å². The summed E-state index contributed by atoms with van der Waals surface area (Å²) < 4.78 is 6.92. The summed E-state index contributed by atoms with van der Waals surface area (Å²) in [7, 11) is 0.